The number of nitrogens with one attached hydrogen (secondary N) is 1. The zero-order chi connectivity index (χ0) is 24.2. The van der Waals surface area contributed by atoms with Gasteiger partial charge >= 0.3 is 12.0 Å². The number of benzene rings is 3. The van der Waals surface area contributed by atoms with E-state index in [0.29, 0.717) is 29.8 Å². The summed E-state index contributed by atoms with van der Waals surface area (Å²) in [7, 11) is 0. The van der Waals surface area contributed by atoms with Crippen LogP contribution in [0.2, 0.25) is 0 Å². The minimum absolute atomic E-state index is 0.304. The number of rotatable bonds is 8. The molecule has 4 N–H and O–H groups in total. The number of carbonyl (C=O) groups is 2. The summed E-state index contributed by atoms with van der Waals surface area (Å²) >= 11 is 0. The van der Waals surface area contributed by atoms with Crippen LogP contribution < -0.4 is 15.8 Å². The predicted octanol–water partition coefficient (Wildman–Crippen LogP) is 5.01. The zero-order valence-corrected chi connectivity index (χ0v) is 18.5. The van der Waals surface area contributed by atoms with Crippen molar-refractivity contribution in [3.8, 4) is 16.9 Å². The molecule has 0 atom stereocenters. The van der Waals surface area contributed by atoms with Gasteiger partial charge in [-0.1, -0.05) is 49.4 Å². The molecule has 0 saturated carbocycles. The quantitative estimate of drug-likeness (QED) is 0.343. The van der Waals surface area contributed by atoms with Crippen LogP contribution >= 0.6 is 0 Å². The highest BCUT2D eigenvalue weighted by molar-refractivity contribution is 6.05. The second-order valence-electron chi connectivity index (χ2n) is 7.75. The van der Waals surface area contributed by atoms with Crippen LogP contribution in [0.1, 0.15) is 18.2 Å². The van der Waals surface area contributed by atoms with Crippen LogP contribution in [0.5, 0.6) is 5.75 Å². The first-order valence-corrected chi connectivity index (χ1v) is 10.8. The highest BCUT2D eigenvalue weighted by atomic mass is 19.1. The highest BCUT2D eigenvalue weighted by Gasteiger charge is 2.22. The number of anilines is 1. The van der Waals surface area contributed by atoms with E-state index in [0.717, 1.165) is 27.9 Å². The molecule has 0 saturated heterocycles. The number of primary amides is 1. The fraction of sp³-hybridized carbons (Fsp3) is 0.154. The van der Waals surface area contributed by atoms with Crippen molar-refractivity contribution >= 4 is 28.6 Å². The third-order valence-electron chi connectivity index (χ3n) is 5.59. The number of ether oxygens (including phenoxy) is 1. The van der Waals surface area contributed by atoms with Crippen LogP contribution in [0, 0.1) is 5.82 Å². The van der Waals surface area contributed by atoms with Crippen molar-refractivity contribution in [2.24, 2.45) is 5.73 Å². The van der Waals surface area contributed by atoms with E-state index in [-0.39, 0.29) is 5.82 Å². The van der Waals surface area contributed by atoms with Gasteiger partial charge in [0.1, 0.15) is 11.6 Å². The summed E-state index contributed by atoms with van der Waals surface area (Å²) in [6.45, 7) is 1.89. The molecule has 7 nitrogen and oxygen atoms in total. The summed E-state index contributed by atoms with van der Waals surface area (Å²) in [5, 5.41) is 12.4. The minimum Gasteiger partial charge on any atom is -0.481 e. The normalized spacial score (nSPS) is 10.9. The Labute approximate surface area is 195 Å². The van der Waals surface area contributed by atoms with Crippen LogP contribution in [0.15, 0.2) is 66.7 Å². The second-order valence-corrected chi connectivity index (χ2v) is 7.75. The predicted molar refractivity (Wildman–Crippen MR) is 129 cm³/mol. The molecule has 0 fully saturated rings. The number of nitrogens with two attached hydrogens (primary N) is 1. The molecule has 4 aromatic rings. The maximum absolute atomic E-state index is 13.5. The van der Waals surface area contributed by atoms with E-state index in [4.69, 9.17) is 15.6 Å². The van der Waals surface area contributed by atoms with Gasteiger partial charge in [-0.15, -0.1) is 0 Å². The lowest BCUT2D eigenvalue weighted by Crippen LogP contribution is -2.20. The Kier molecular flexibility index (Phi) is 6.49. The summed E-state index contributed by atoms with van der Waals surface area (Å²) in [5.41, 5.74) is 10.4. The van der Waals surface area contributed by atoms with Crippen molar-refractivity contribution < 1.29 is 23.8 Å². The molecule has 4 rings (SSSR count). The molecule has 0 spiro atoms. The standard InChI is InChI=1S/C26H24FN3O4/c1-2-20-25(29-26(28)33)24-21(8-5-9-22(24)34-15-23(31)32)30(20)14-17-6-3-4-7-19(17)16-10-12-18(27)13-11-16/h3-13H,2,14-15H2,1H3,(H,31,32)(H3,28,29,33). The number of amides is 2. The van der Waals surface area contributed by atoms with Crippen molar-refractivity contribution in [3.63, 3.8) is 0 Å². The van der Waals surface area contributed by atoms with E-state index >= 15 is 0 Å². The SMILES string of the molecule is CCc1c(NC(N)=O)c2c(OCC(=O)O)cccc2n1Cc1ccccc1-c1ccc(F)cc1. The van der Waals surface area contributed by atoms with Gasteiger partial charge in [-0.25, -0.2) is 14.0 Å². The van der Waals surface area contributed by atoms with Crippen molar-refractivity contribution in [2.75, 3.05) is 11.9 Å². The fourth-order valence-electron chi connectivity index (χ4n) is 4.23. The number of urea groups is 1. The molecule has 174 valence electrons. The number of halogens is 1. The van der Waals surface area contributed by atoms with Crippen LogP contribution in [-0.4, -0.2) is 28.3 Å². The van der Waals surface area contributed by atoms with Gasteiger partial charge < -0.3 is 25.5 Å². The molecule has 0 aliphatic rings. The largest absolute Gasteiger partial charge is 0.481 e. The molecule has 0 bridgehead atoms. The molecule has 1 aromatic heterocycles. The molecular formula is C26H24FN3O4. The molecule has 3 aromatic carbocycles. The van der Waals surface area contributed by atoms with Crippen molar-refractivity contribution in [2.45, 2.75) is 19.9 Å². The number of carbonyl (C=O) groups excluding carboxylic acids is 1. The third kappa shape index (κ3) is 4.56. The Hall–Kier alpha value is -4.33. The van der Waals surface area contributed by atoms with Gasteiger partial charge in [-0.05, 0) is 47.4 Å². The van der Waals surface area contributed by atoms with E-state index in [1.54, 1.807) is 24.3 Å². The first-order valence-electron chi connectivity index (χ1n) is 10.8. The summed E-state index contributed by atoms with van der Waals surface area (Å²) in [4.78, 5) is 22.9. The van der Waals surface area contributed by atoms with Crippen LogP contribution in [0.4, 0.5) is 14.9 Å². The lowest BCUT2D eigenvalue weighted by molar-refractivity contribution is -0.139. The van der Waals surface area contributed by atoms with Gasteiger partial charge in [-0.2, -0.15) is 0 Å². The average Bonchev–Trinajstić information content (AvgIpc) is 3.11. The second kappa shape index (κ2) is 9.66. The minimum atomic E-state index is -1.11. The topological polar surface area (TPSA) is 107 Å². The van der Waals surface area contributed by atoms with Crippen molar-refractivity contribution in [3.05, 3.63) is 83.8 Å². The molecule has 2 amide bonds. The summed E-state index contributed by atoms with van der Waals surface area (Å²) in [6.07, 6.45) is 0.571. The van der Waals surface area contributed by atoms with Crippen molar-refractivity contribution in [1.82, 2.24) is 4.57 Å². The lowest BCUT2D eigenvalue weighted by atomic mass is 9.99. The van der Waals surface area contributed by atoms with Gasteiger partial charge in [0.15, 0.2) is 6.61 Å². The number of aliphatic carboxylic acids is 1. The van der Waals surface area contributed by atoms with Gasteiger partial charge in [0.05, 0.1) is 16.6 Å². The summed E-state index contributed by atoms with van der Waals surface area (Å²) in [6, 6.07) is 18.7. The number of carboxylic acid groups (broad SMARTS) is 1. The Balaban J connectivity index is 1.88. The molecule has 34 heavy (non-hydrogen) atoms. The Bertz CT molecular complexity index is 1360. The highest BCUT2D eigenvalue weighted by Crippen LogP contribution is 2.39. The van der Waals surface area contributed by atoms with Crippen LogP contribution in [0.3, 0.4) is 0 Å². The molecule has 0 aliphatic heterocycles. The van der Waals surface area contributed by atoms with E-state index in [1.807, 2.05) is 37.3 Å². The Morgan fingerprint density at radius 2 is 1.79 bits per heavy atom. The van der Waals surface area contributed by atoms with Crippen molar-refractivity contribution in [1.29, 1.82) is 0 Å². The first kappa shape index (κ1) is 22.8. The monoisotopic (exact) mass is 461 g/mol. The van der Waals surface area contributed by atoms with E-state index in [9.17, 15) is 14.0 Å². The zero-order valence-electron chi connectivity index (χ0n) is 18.5. The first-order chi connectivity index (χ1) is 16.4. The maximum atomic E-state index is 13.5. The number of aromatic nitrogens is 1. The third-order valence-corrected chi connectivity index (χ3v) is 5.59. The smallest absolute Gasteiger partial charge is 0.341 e. The molecule has 0 radical (unpaired) electrons. The molecule has 1 heterocycles. The van der Waals surface area contributed by atoms with Gasteiger partial charge in [0.2, 0.25) is 0 Å². The number of nitrogens with zero attached hydrogens (tertiary/aromatic N) is 1. The number of hydrogen-bond acceptors (Lipinski definition) is 3. The van der Waals surface area contributed by atoms with E-state index in [1.165, 1.54) is 12.1 Å². The van der Waals surface area contributed by atoms with Gasteiger partial charge in [-0.3, -0.25) is 0 Å². The molecule has 8 heteroatoms. The fourth-order valence-corrected chi connectivity index (χ4v) is 4.23. The number of hydrogen-bond donors (Lipinski definition) is 3. The number of carboxylic acids is 1. The Morgan fingerprint density at radius 1 is 1.06 bits per heavy atom. The van der Waals surface area contributed by atoms with Crippen LogP contribution in [0.25, 0.3) is 22.0 Å². The van der Waals surface area contributed by atoms with E-state index < -0.39 is 18.6 Å². The lowest BCUT2D eigenvalue weighted by Gasteiger charge is -2.15. The van der Waals surface area contributed by atoms with Gasteiger partial charge in [0, 0.05) is 12.2 Å². The maximum Gasteiger partial charge on any atom is 0.341 e. The Morgan fingerprint density at radius 3 is 2.47 bits per heavy atom. The molecule has 0 aliphatic carbocycles. The number of fused-ring (bicyclic) bond motifs is 1. The van der Waals surface area contributed by atoms with E-state index in [2.05, 4.69) is 9.88 Å². The molecular weight excluding hydrogens is 437 g/mol. The van der Waals surface area contributed by atoms with Gasteiger partial charge in [0.25, 0.3) is 0 Å². The van der Waals surface area contributed by atoms with Crippen LogP contribution in [-0.2, 0) is 17.8 Å². The summed E-state index contributed by atoms with van der Waals surface area (Å²) in [5.74, 6) is -1.07. The average molecular weight is 461 g/mol. The summed E-state index contributed by atoms with van der Waals surface area (Å²) < 4.78 is 21.1. The molecule has 0 unspecified atom stereocenters.